The Labute approximate surface area is 240 Å². The molecule has 0 aliphatic carbocycles. The largest absolute Gasteiger partial charge is 0.492 e. The Morgan fingerprint density at radius 1 is 0.825 bits per heavy atom. The van der Waals surface area contributed by atoms with E-state index in [1.165, 1.54) is 0 Å². The molecule has 0 unspecified atom stereocenters. The zero-order valence-electron chi connectivity index (χ0n) is 23.0. The van der Waals surface area contributed by atoms with Crippen LogP contribution in [0.1, 0.15) is 19.7 Å². The molecule has 2 aromatic heterocycles. The number of benzene rings is 3. The molecular formula is C33H33ClN4O2. The Morgan fingerprint density at radius 3 is 2.10 bits per heavy atom. The molecule has 0 bridgehead atoms. The zero-order valence-corrected chi connectivity index (χ0v) is 23.8. The molecule has 7 heteroatoms. The lowest BCUT2D eigenvalue weighted by Crippen LogP contribution is -2.23. The van der Waals surface area contributed by atoms with Gasteiger partial charge in [-0.2, -0.15) is 0 Å². The van der Waals surface area contributed by atoms with Crippen molar-refractivity contribution in [1.82, 2.24) is 14.5 Å². The van der Waals surface area contributed by atoms with Crippen LogP contribution in [-0.2, 0) is 6.42 Å². The van der Waals surface area contributed by atoms with Crippen LogP contribution >= 0.6 is 11.6 Å². The number of imidazole rings is 1. The van der Waals surface area contributed by atoms with Crippen molar-refractivity contribution >= 4 is 17.3 Å². The van der Waals surface area contributed by atoms with Crippen molar-refractivity contribution in [3.8, 4) is 34.2 Å². The van der Waals surface area contributed by atoms with Gasteiger partial charge in [-0.15, -0.1) is 0 Å². The van der Waals surface area contributed by atoms with Gasteiger partial charge in [-0.05, 0) is 90.8 Å². The molecule has 5 aromatic rings. The third-order valence-corrected chi connectivity index (χ3v) is 6.74. The number of nitrogens with zero attached hydrogens (tertiary/aromatic N) is 4. The number of aromatic nitrogens is 3. The third kappa shape index (κ3) is 7.01. The number of pyridine rings is 1. The topological polar surface area (TPSA) is 52.4 Å². The summed E-state index contributed by atoms with van der Waals surface area (Å²) in [6.45, 7) is 5.78. The summed E-state index contributed by atoms with van der Waals surface area (Å²) >= 11 is 5.98. The molecule has 2 heterocycles. The predicted octanol–water partition coefficient (Wildman–Crippen LogP) is 8.09. The molecule has 0 spiro atoms. The van der Waals surface area contributed by atoms with E-state index in [1.54, 1.807) is 12.4 Å². The van der Waals surface area contributed by atoms with Crippen LogP contribution in [0.3, 0.4) is 0 Å². The maximum atomic E-state index is 6.02. The lowest BCUT2D eigenvalue weighted by atomic mass is 10.1. The first kappa shape index (κ1) is 27.3. The maximum Gasteiger partial charge on any atom is 0.127 e. The molecule has 0 aliphatic heterocycles. The van der Waals surface area contributed by atoms with Gasteiger partial charge in [0.25, 0.3) is 0 Å². The highest BCUT2D eigenvalue weighted by atomic mass is 35.5. The lowest BCUT2D eigenvalue weighted by Gasteiger charge is -2.19. The Morgan fingerprint density at radius 2 is 1.45 bits per heavy atom. The average Bonchev–Trinajstić information content (AvgIpc) is 3.38. The first-order chi connectivity index (χ1) is 19.4. The van der Waals surface area contributed by atoms with Crippen molar-refractivity contribution in [2.75, 3.05) is 25.1 Å². The fourth-order valence-electron chi connectivity index (χ4n) is 4.35. The molecule has 3 aromatic carbocycles. The van der Waals surface area contributed by atoms with Gasteiger partial charge in [0.1, 0.15) is 29.7 Å². The number of halogens is 1. The van der Waals surface area contributed by atoms with E-state index in [2.05, 4.69) is 53.7 Å². The van der Waals surface area contributed by atoms with Crippen molar-refractivity contribution in [3.63, 3.8) is 0 Å². The monoisotopic (exact) mass is 552 g/mol. The maximum absolute atomic E-state index is 6.02. The molecule has 0 atom stereocenters. The Kier molecular flexibility index (Phi) is 8.67. The lowest BCUT2D eigenvalue weighted by molar-refractivity contribution is 0.326. The summed E-state index contributed by atoms with van der Waals surface area (Å²) in [7, 11) is 2.05. The average molecular weight is 553 g/mol. The van der Waals surface area contributed by atoms with Crippen molar-refractivity contribution in [3.05, 3.63) is 114 Å². The summed E-state index contributed by atoms with van der Waals surface area (Å²) in [6.07, 6.45) is 6.57. The van der Waals surface area contributed by atoms with Gasteiger partial charge in [0.15, 0.2) is 0 Å². The number of rotatable bonds is 11. The quantitative estimate of drug-likeness (QED) is 0.166. The summed E-state index contributed by atoms with van der Waals surface area (Å²) in [5.74, 6) is 3.85. The van der Waals surface area contributed by atoms with Gasteiger partial charge in [0.2, 0.25) is 0 Å². The molecule has 5 rings (SSSR count). The van der Waals surface area contributed by atoms with Crippen LogP contribution in [0.15, 0.2) is 104 Å². The SMILES string of the molecule is CC(C)Cc1nc(-c2ccc(Oc3ccc(Cl)cc3)cc2)cn1-c1ccc(OCCN(C)c2ccncc2)cc1. The molecule has 6 nitrogen and oxygen atoms in total. The van der Waals surface area contributed by atoms with E-state index in [4.69, 9.17) is 26.1 Å². The molecular weight excluding hydrogens is 520 g/mol. The number of hydrogen-bond acceptors (Lipinski definition) is 5. The summed E-state index contributed by atoms with van der Waals surface area (Å²) in [5.41, 5.74) is 4.13. The number of hydrogen-bond donors (Lipinski definition) is 0. The van der Waals surface area contributed by atoms with Crippen LogP contribution in [0.5, 0.6) is 17.2 Å². The minimum absolute atomic E-state index is 0.476. The van der Waals surface area contributed by atoms with Crippen LogP contribution in [-0.4, -0.2) is 34.7 Å². The highest BCUT2D eigenvalue weighted by Crippen LogP contribution is 2.28. The van der Waals surface area contributed by atoms with E-state index in [-0.39, 0.29) is 0 Å². The van der Waals surface area contributed by atoms with Gasteiger partial charge < -0.3 is 18.9 Å². The molecule has 40 heavy (non-hydrogen) atoms. The predicted molar refractivity (Wildman–Crippen MR) is 162 cm³/mol. The third-order valence-electron chi connectivity index (χ3n) is 6.48. The van der Waals surface area contributed by atoms with Crippen LogP contribution < -0.4 is 14.4 Å². The smallest absolute Gasteiger partial charge is 0.127 e. The number of likely N-dealkylation sites (N-methyl/N-ethyl adjacent to an activating group) is 1. The van der Waals surface area contributed by atoms with E-state index in [9.17, 15) is 0 Å². The molecule has 204 valence electrons. The van der Waals surface area contributed by atoms with Crippen molar-refractivity contribution < 1.29 is 9.47 Å². The molecule has 0 amide bonds. The van der Waals surface area contributed by atoms with Crippen LogP contribution in [0.4, 0.5) is 5.69 Å². The van der Waals surface area contributed by atoms with Crippen LogP contribution in [0.2, 0.25) is 5.02 Å². The molecule has 0 saturated carbocycles. The van der Waals surface area contributed by atoms with E-state index < -0.39 is 0 Å². The summed E-state index contributed by atoms with van der Waals surface area (Å²) < 4.78 is 14.1. The van der Waals surface area contributed by atoms with E-state index in [0.29, 0.717) is 17.5 Å². The van der Waals surface area contributed by atoms with Crippen molar-refractivity contribution in [2.24, 2.45) is 5.92 Å². The second kappa shape index (κ2) is 12.7. The first-order valence-electron chi connectivity index (χ1n) is 13.4. The standard InChI is InChI=1S/C33H33ClN4O2/c1-24(2)22-33-36-32(25-4-10-30(11-5-25)40-31-12-6-26(34)7-13-31)23-38(33)28-8-14-29(15-9-28)39-21-20-37(3)27-16-18-35-19-17-27/h4-19,23-24H,20-22H2,1-3H3. The van der Waals surface area contributed by atoms with Crippen molar-refractivity contribution in [1.29, 1.82) is 0 Å². The normalized spacial score (nSPS) is 11.0. The summed E-state index contributed by atoms with van der Waals surface area (Å²) in [4.78, 5) is 11.2. The Balaban J connectivity index is 1.27. The minimum Gasteiger partial charge on any atom is -0.492 e. The number of anilines is 1. The van der Waals surface area contributed by atoms with E-state index in [1.807, 2.05) is 72.8 Å². The van der Waals surface area contributed by atoms with Crippen LogP contribution in [0.25, 0.3) is 16.9 Å². The summed E-state index contributed by atoms with van der Waals surface area (Å²) in [5, 5.41) is 0.683. The van der Waals surface area contributed by atoms with Gasteiger partial charge >= 0.3 is 0 Å². The van der Waals surface area contributed by atoms with E-state index >= 15 is 0 Å². The highest BCUT2D eigenvalue weighted by molar-refractivity contribution is 6.30. The highest BCUT2D eigenvalue weighted by Gasteiger charge is 2.13. The second-order valence-corrected chi connectivity index (χ2v) is 10.5. The van der Waals surface area contributed by atoms with Gasteiger partial charge in [-0.25, -0.2) is 4.98 Å². The van der Waals surface area contributed by atoms with Gasteiger partial charge in [-0.3, -0.25) is 4.98 Å². The zero-order chi connectivity index (χ0) is 27.9. The molecule has 0 aliphatic rings. The van der Waals surface area contributed by atoms with E-state index in [0.717, 1.165) is 58.7 Å². The Bertz CT molecular complexity index is 1500. The number of ether oxygens (including phenoxy) is 2. The molecule has 0 N–H and O–H groups in total. The summed E-state index contributed by atoms with van der Waals surface area (Å²) in [6, 6.07) is 27.5. The first-order valence-corrected chi connectivity index (χ1v) is 13.8. The molecule has 0 fully saturated rings. The van der Waals surface area contributed by atoms with Crippen molar-refractivity contribution in [2.45, 2.75) is 20.3 Å². The van der Waals surface area contributed by atoms with Gasteiger partial charge in [-0.1, -0.05) is 25.4 Å². The minimum atomic E-state index is 0.476. The Hall–Kier alpha value is -4.29. The molecule has 0 saturated heterocycles. The van der Waals surface area contributed by atoms with Gasteiger partial charge in [0.05, 0.1) is 12.2 Å². The second-order valence-electron chi connectivity index (χ2n) is 10.1. The molecule has 0 radical (unpaired) electrons. The fourth-order valence-corrected chi connectivity index (χ4v) is 4.48. The fraction of sp³-hybridized carbons (Fsp3) is 0.212. The van der Waals surface area contributed by atoms with Crippen LogP contribution in [0, 0.1) is 5.92 Å². The van der Waals surface area contributed by atoms with Gasteiger partial charge in [0, 0.05) is 54.0 Å².